The van der Waals surface area contributed by atoms with Gasteiger partial charge in [-0.3, -0.25) is 14.7 Å². The normalized spacial score (nSPS) is 14.9. The number of nitrogens with one attached hydrogen (secondary N) is 1. The monoisotopic (exact) mass is 383 g/mol. The Bertz CT molecular complexity index is 902. The first-order valence-corrected chi connectivity index (χ1v) is 9.17. The molecular formula is C19H21N5O4. The third kappa shape index (κ3) is 4.62. The average molecular weight is 383 g/mol. The Morgan fingerprint density at radius 2 is 2.14 bits per heavy atom. The SMILES string of the molecule is O=C(NCCc1nc(-c2ccccn2)no1)c1coc(CN2CCOCC2)c1. The highest BCUT2D eigenvalue weighted by molar-refractivity contribution is 5.93. The molecule has 1 amide bonds. The highest BCUT2D eigenvalue weighted by Gasteiger charge is 2.15. The Kier molecular flexibility index (Phi) is 5.74. The molecule has 0 radical (unpaired) electrons. The number of hydrogen-bond donors (Lipinski definition) is 1. The fourth-order valence-corrected chi connectivity index (χ4v) is 2.90. The summed E-state index contributed by atoms with van der Waals surface area (Å²) in [6.45, 7) is 4.25. The maximum atomic E-state index is 12.3. The van der Waals surface area contributed by atoms with Gasteiger partial charge in [-0.2, -0.15) is 4.98 Å². The Balaban J connectivity index is 1.25. The first kappa shape index (κ1) is 18.3. The van der Waals surface area contributed by atoms with Gasteiger partial charge in [0.2, 0.25) is 11.7 Å². The smallest absolute Gasteiger partial charge is 0.254 e. The van der Waals surface area contributed by atoms with Crippen molar-refractivity contribution in [2.24, 2.45) is 0 Å². The lowest BCUT2D eigenvalue weighted by molar-refractivity contribution is 0.0313. The molecule has 0 aromatic carbocycles. The van der Waals surface area contributed by atoms with Crippen molar-refractivity contribution in [2.75, 3.05) is 32.8 Å². The van der Waals surface area contributed by atoms with E-state index in [0.717, 1.165) is 32.1 Å². The van der Waals surface area contributed by atoms with Gasteiger partial charge in [0, 0.05) is 32.3 Å². The summed E-state index contributed by atoms with van der Waals surface area (Å²) in [5, 5.41) is 6.75. The van der Waals surface area contributed by atoms with Crippen molar-refractivity contribution in [2.45, 2.75) is 13.0 Å². The summed E-state index contributed by atoms with van der Waals surface area (Å²) in [7, 11) is 0. The van der Waals surface area contributed by atoms with E-state index in [1.54, 1.807) is 12.3 Å². The molecule has 1 N–H and O–H groups in total. The van der Waals surface area contributed by atoms with Crippen LogP contribution < -0.4 is 5.32 Å². The van der Waals surface area contributed by atoms with Crippen LogP contribution in [0.3, 0.4) is 0 Å². The highest BCUT2D eigenvalue weighted by atomic mass is 16.5. The minimum atomic E-state index is -0.193. The zero-order valence-corrected chi connectivity index (χ0v) is 15.3. The van der Waals surface area contributed by atoms with Crippen LogP contribution in [-0.4, -0.2) is 58.8 Å². The first-order valence-electron chi connectivity index (χ1n) is 9.17. The maximum Gasteiger partial charge on any atom is 0.254 e. The predicted molar refractivity (Wildman–Crippen MR) is 98.4 cm³/mol. The van der Waals surface area contributed by atoms with Gasteiger partial charge < -0.3 is 19.0 Å². The van der Waals surface area contributed by atoms with Crippen LogP contribution in [0.5, 0.6) is 0 Å². The Hall–Kier alpha value is -3.04. The number of ether oxygens (including phenoxy) is 1. The van der Waals surface area contributed by atoms with E-state index in [0.29, 0.717) is 42.5 Å². The molecule has 0 unspecified atom stereocenters. The largest absolute Gasteiger partial charge is 0.467 e. The zero-order valence-electron chi connectivity index (χ0n) is 15.3. The quantitative estimate of drug-likeness (QED) is 0.655. The van der Waals surface area contributed by atoms with Gasteiger partial charge in [-0.15, -0.1) is 0 Å². The van der Waals surface area contributed by atoms with Crippen molar-refractivity contribution in [3.63, 3.8) is 0 Å². The summed E-state index contributed by atoms with van der Waals surface area (Å²) in [6.07, 6.45) is 3.59. The van der Waals surface area contributed by atoms with E-state index in [-0.39, 0.29) is 5.91 Å². The molecular weight excluding hydrogens is 362 g/mol. The number of carbonyl (C=O) groups excluding carboxylic acids is 1. The third-order valence-electron chi connectivity index (χ3n) is 4.39. The molecule has 0 spiro atoms. The van der Waals surface area contributed by atoms with Crippen molar-refractivity contribution >= 4 is 5.91 Å². The summed E-state index contributed by atoms with van der Waals surface area (Å²) in [6, 6.07) is 7.26. The van der Waals surface area contributed by atoms with E-state index in [1.807, 2.05) is 18.2 Å². The molecule has 9 heteroatoms. The first-order chi connectivity index (χ1) is 13.8. The zero-order chi connectivity index (χ0) is 19.2. The van der Waals surface area contributed by atoms with E-state index < -0.39 is 0 Å². The lowest BCUT2D eigenvalue weighted by Crippen LogP contribution is -2.35. The van der Waals surface area contributed by atoms with Gasteiger partial charge >= 0.3 is 0 Å². The molecule has 4 heterocycles. The van der Waals surface area contributed by atoms with Crippen molar-refractivity contribution in [3.8, 4) is 11.5 Å². The van der Waals surface area contributed by atoms with Crippen molar-refractivity contribution in [1.29, 1.82) is 0 Å². The van der Waals surface area contributed by atoms with Crippen molar-refractivity contribution < 1.29 is 18.5 Å². The number of hydrogen-bond acceptors (Lipinski definition) is 8. The molecule has 0 aliphatic carbocycles. The predicted octanol–water partition coefficient (Wildman–Crippen LogP) is 1.53. The number of carbonyl (C=O) groups is 1. The number of furan rings is 1. The molecule has 0 saturated carbocycles. The van der Waals surface area contributed by atoms with Gasteiger partial charge in [0.15, 0.2) is 0 Å². The maximum absolute atomic E-state index is 12.3. The molecule has 1 aliphatic rings. The number of aromatic nitrogens is 3. The van der Waals surface area contributed by atoms with Crippen molar-refractivity contribution in [3.05, 3.63) is 53.9 Å². The van der Waals surface area contributed by atoms with Gasteiger partial charge in [-0.1, -0.05) is 11.2 Å². The van der Waals surface area contributed by atoms with Gasteiger partial charge in [0.05, 0.1) is 25.3 Å². The van der Waals surface area contributed by atoms with Crippen LogP contribution in [0.15, 0.2) is 45.7 Å². The standard InChI is InChI=1S/C19H21N5O4/c25-19(14-11-15(27-13-14)12-24-7-9-26-10-8-24)21-6-4-17-22-18(23-28-17)16-3-1-2-5-20-16/h1-3,5,11,13H,4,6-10,12H2,(H,21,25). The van der Waals surface area contributed by atoms with Gasteiger partial charge in [0.1, 0.15) is 17.7 Å². The molecule has 9 nitrogen and oxygen atoms in total. The number of amides is 1. The van der Waals surface area contributed by atoms with Crippen LogP contribution in [-0.2, 0) is 17.7 Å². The third-order valence-corrected chi connectivity index (χ3v) is 4.39. The summed E-state index contributed by atoms with van der Waals surface area (Å²) in [5.41, 5.74) is 1.15. The second kappa shape index (κ2) is 8.77. The second-order valence-electron chi connectivity index (χ2n) is 6.42. The summed E-state index contributed by atoms with van der Waals surface area (Å²) in [4.78, 5) is 23.0. The molecule has 28 heavy (non-hydrogen) atoms. The van der Waals surface area contributed by atoms with E-state index in [4.69, 9.17) is 13.7 Å². The number of pyridine rings is 1. The van der Waals surface area contributed by atoms with Gasteiger partial charge in [-0.25, -0.2) is 0 Å². The molecule has 1 fully saturated rings. The lowest BCUT2D eigenvalue weighted by Gasteiger charge is -2.25. The second-order valence-corrected chi connectivity index (χ2v) is 6.42. The van der Waals surface area contributed by atoms with E-state index in [2.05, 4.69) is 25.3 Å². The molecule has 3 aromatic heterocycles. The molecule has 4 rings (SSSR count). The van der Waals surface area contributed by atoms with Crippen LogP contribution in [0.25, 0.3) is 11.5 Å². The number of morpholine rings is 1. The fraction of sp³-hybridized carbons (Fsp3) is 0.368. The lowest BCUT2D eigenvalue weighted by atomic mass is 10.2. The molecule has 3 aromatic rings. The number of rotatable bonds is 7. The van der Waals surface area contributed by atoms with Crippen LogP contribution >= 0.6 is 0 Å². The van der Waals surface area contributed by atoms with Crippen LogP contribution in [0, 0.1) is 0 Å². The van der Waals surface area contributed by atoms with Crippen LogP contribution in [0.1, 0.15) is 22.0 Å². The minimum Gasteiger partial charge on any atom is -0.467 e. The van der Waals surface area contributed by atoms with Crippen LogP contribution in [0.2, 0.25) is 0 Å². The van der Waals surface area contributed by atoms with Crippen LogP contribution in [0.4, 0.5) is 0 Å². The highest BCUT2D eigenvalue weighted by Crippen LogP contribution is 2.13. The van der Waals surface area contributed by atoms with E-state index >= 15 is 0 Å². The Labute approximate surface area is 161 Å². The Morgan fingerprint density at radius 1 is 1.25 bits per heavy atom. The fourth-order valence-electron chi connectivity index (χ4n) is 2.90. The molecule has 0 bridgehead atoms. The molecule has 0 atom stereocenters. The molecule has 1 aliphatic heterocycles. The number of nitrogens with zero attached hydrogens (tertiary/aromatic N) is 4. The van der Waals surface area contributed by atoms with Gasteiger partial charge in [0.25, 0.3) is 5.91 Å². The Morgan fingerprint density at radius 3 is 2.96 bits per heavy atom. The van der Waals surface area contributed by atoms with E-state index in [1.165, 1.54) is 6.26 Å². The summed E-state index contributed by atoms with van der Waals surface area (Å²) >= 11 is 0. The average Bonchev–Trinajstić information content (AvgIpc) is 3.39. The summed E-state index contributed by atoms with van der Waals surface area (Å²) in [5.74, 6) is 1.45. The van der Waals surface area contributed by atoms with E-state index in [9.17, 15) is 4.79 Å². The topological polar surface area (TPSA) is 107 Å². The minimum absolute atomic E-state index is 0.193. The van der Waals surface area contributed by atoms with Gasteiger partial charge in [-0.05, 0) is 18.2 Å². The molecule has 1 saturated heterocycles. The molecule has 146 valence electrons. The van der Waals surface area contributed by atoms with Crippen molar-refractivity contribution in [1.82, 2.24) is 25.3 Å². The summed E-state index contributed by atoms with van der Waals surface area (Å²) < 4.78 is 16.1.